The van der Waals surface area contributed by atoms with Gasteiger partial charge in [-0.15, -0.1) is 0 Å². The molecule has 14 heavy (non-hydrogen) atoms. The summed E-state index contributed by atoms with van der Waals surface area (Å²) in [5.74, 6) is 1.06. The fraction of sp³-hybridized carbons (Fsp3) is 0.250. The van der Waals surface area contributed by atoms with Crippen LogP contribution < -0.4 is 0 Å². The van der Waals surface area contributed by atoms with Gasteiger partial charge in [0.2, 0.25) is 0 Å². The van der Waals surface area contributed by atoms with Gasteiger partial charge in [0, 0.05) is 12.4 Å². The molecule has 0 amide bonds. The zero-order valence-corrected chi connectivity index (χ0v) is 8.51. The summed E-state index contributed by atoms with van der Waals surface area (Å²) in [7, 11) is 0. The number of benzene rings is 1. The van der Waals surface area contributed by atoms with E-state index in [0.29, 0.717) is 6.04 Å². The summed E-state index contributed by atoms with van der Waals surface area (Å²) in [6.07, 6.45) is 3.86. The quantitative estimate of drug-likeness (QED) is 0.705. The van der Waals surface area contributed by atoms with E-state index in [-0.39, 0.29) is 0 Å². The van der Waals surface area contributed by atoms with Gasteiger partial charge in [-0.3, -0.25) is 0 Å². The Morgan fingerprint density at radius 1 is 1.21 bits per heavy atom. The zero-order chi connectivity index (χ0) is 9.97. The van der Waals surface area contributed by atoms with Crippen LogP contribution in [0.25, 0.3) is 0 Å². The molecule has 0 fully saturated rings. The Labute approximate surface area is 84.2 Å². The van der Waals surface area contributed by atoms with Crippen LogP contribution in [0.3, 0.4) is 0 Å². The highest BCUT2D eigenvalue weighted by Crippen LogP contribution is 2.18. The van der Waals surface area contributed by atoms with E-state index in [0.717, 1.165) is 5.82 Å². The van der Waals surface area contributed by atoms with Crippen molar-refractivity contribution in [3.8, 4) is 0 Å². The molecule has 0 bridgehead atoms. The molecule has 2 nitrogen and oxygen atoms in total. The SMILES string of the molecule is Cc1nccn1[C@@H](C)c1ccccc1. The summed E-state index contributed by atoms with van der Waals surface area (Å²) in [6, 6.07) is 10.8. The van der Waals surface area contributed by atoms with E-state index in [4.69, 9.17) is 0 Å². The highest BCUT2D eigenvalue weighted by Gasteiger charge is 2.08. The van der Waals surface area contributed by atoms with Gasteiger partial charge in [-0.25, -0.2) is 4.98 Å². The van der Waals surface area contributed by atoms with Crippen LogP contribution in [0.4, 0.5) is 0 Å². The predicted octanol–water partition coefficient (Wildman–Crippen LogP) is 2.80. The Morgan fingerprint density at radius 2 is 1.93 bits per heavy atom. The standard InChI is InChI=1S/C12H14N2/c1-10(12-6-4-3-5-7-12)14-9-8-13-11(14)2/h3-10H,1-2H3/t10-/m0/s1. The van der Waals surface area contributed by atoms with Gasteiger partial charge in [0.15, 0.2) is 0 Å². The van der Waals surface area contributed by atoms with Gasteiger partial charge in [-0.1, -0.05) is 30.3 Å². The van der Waals surface area contributed by atoms with E-state index < -0.39 is 0 Å². The summed E-state index contributed by atoms with van der Waals surface area (Å²) in [5, 5.41) is 0. The van der Waals surface area contributed by atoms with Crippen LogP contribution in [0, 0.1) is 6.92 Å². The molecule has 2 rings (SSSR count). The van der Waals surface area contributed by atoms with E-state index in [2.05, 4.69) is 40.7 Å². The van der Waals surface area contributed by atoms with Crippen molar-refractivity contribution in [1.29, 1.82) is 0 Å². The van der Waals surface area contributed by atoms with Crippen LogP contribution >= 0.6 is 0 Å². The maximum Gasteiger partial charge on any atom is 0.106 e. The molecular formula is C12H14N2. The number of aryl methyl sites for hydroxylation is 1. The Kier molecular flexibility index (Phi) is 2.35. The first kappa shape index (κ1) is 9.00. The Bertz CT molecular complexity index is 403. The molecular weight excluding hydrogens is 172 g/mol. The maximum absolute atomic E-state index is 4.23. The molecule has 0 aliphatic carbocycles. The first-order valence-corrected chi connectivity index (χ1v) is 4.83. The van der Waals surface area contributed by atoms with Crippen molar-refractivity contribution < 1.29 is 0 Å². The normalized spacial score (nSPS) is 12.7. The third-order valence-electron chi connectivity index (χ3n) is 2.56. The summed E-state index contributed by atoms with van der Waals surface area (Å²) in [4.78, 5) is 4.23. The Hall–Kier alpha value is -1.57. The molecule has 0 radical (unpaired) electrons. The molecule has 1 aromatic heterocycles. The second-order valence-corrected chi connectivity index (χ2v) is 3.47. The van der Waals surface area contributed by atoms with Gasteiger partial charge in [0.25, 0.3) is 0 Å². The minimum absolute atomic E-state index is 0.360. The van der Waals surface area contributed by atoms with Gasteiger partial charge < -0.3 is 4.57 Å². The molecule has 0 spiro atoms. The van der Waals surface area contributed by atoms with Crippen molar-refractivity contribution in [3.63, 3.8) is 0 Å². The second kappa shape index (κ2) is 3.66. The summed E-state index contributed by atoms with van der Waals surface area (Å²) in [5.41, 5.74) is 1.31. The van der Waals surface area contributed by atoms with Gasteiger partial charge >= 0.3 is 0 Å². The van der Waals surface area contributed by atoms with Crippen LogP contribution in [0.2, 0.25) is 0 Å². The lowest BCUT2D eigenvalue weighted by Gasteiger charge is -2.15. The van der Waals surface area contributed by atoms with E-state index in [1.807, 2.05) is 25.4 Å². The van der Waals surface area contributed by atoms with Crippen LogP contribution in [0.5, 0.6) is 0 Å². The van der Waals surface area contributed by atoms with Crippen LogP contribution in [-0.2, 0) is 0 Å². The topological polar surface area (TPSA) is 17.8 Å². The Balaban J connectivity index is 2.34. The maximum atomic E-state index is 4.23. The lowest BCUT2D eigenvalue weighted by atomic mass is 10.1. The van der Waals surface area contributed by atoms with Crippen LogP contribution in [0.1, 0.15) is 24.4 Å². The molecule has 0 aliphatic heterocycles. The number of nitrogens with zero attached hydrogens (tertiary/aromatic N) is 2. The van der Waals surface area contributed by atoms with Crippen molar-refractivity contribution in [2.75, 3.05) is 0 Å². The van der Waals surface area contributed by atoms with Crippen molar-refractivity contribution >= 4 is 0 Å². The van der Waals surface area contributed by atoms with E-state index in [9.17, 15) is 0 Å². The van der Waals surface area contributed by atoms with Crippen molar-refractivity contribution in [3.05, 3.63) is 54.1 Å². The first-order chi connectivity index (χ1) is 6.79. The summed E-state index contributed by atoms with van der Waals surface area (Å²) < 4.78 is 2.18. The molecule has 0 N–H and O–H groups in total. The average molecular weight is 186 g/mol. The van der Waals surface area contributed by atoms with Crippen molar-refractivity contribution in [1.82, 2.24) is 9.55 Å². The van der Waals surface area contributed by atoms with Gasteiger partial charge in [0.1, 0.15) is 5.82 Å². The largest absolute Gasteiger partial charge is 0.328 e. The third-order valence-corrected chi connectivity index (χ3v) is 2.56. The summed E-state index contributed by atoms with van der Waals surface area (Å²) >= 11 is 0. The van der Waals surface area contributed by atoms with Crippen LogP contribution in [0.15, 0.2) is 42.7 Å². The molecule has 1 atom stereocenters. The smallest absolute Gasteiger partial charge is 0.106 e. The number of rotatable bonds is 2. The van der Waals surface area contributed by atoms with Gasteiger partial charge in [0.05, 0.1) is 6.04 Å². The number of imidazole rings is 1. The van der Waals surface area contributed by atoms with E-state index in [1.54, 1.807) is 0 Å². The predicted molar refractivity (Wildman–Crippen MR) is 57.2 cm³/mol. The van der Waals surface area contributed by atoms with Crippen molar-refractivity contribution in [2.45, 2.75) is 19.9 Å². The van der Waals surface area contributed by atoms with Gasteiger partial charge in [-0.2, -0.15) is 0 Å². The van der Waals surface area contributed by atoms with Gasteiger partial charge in [-0.05, 0) is 19.4 Å². The fourth-order valence-electron chi connectivity index (χ4n) is 1.69. The monoisotopic (exact) mass is 186 g/mol. The first-order valence-electron chi connectivity index (χ1n) is 4.83. The Morgan fingerprint density at radius 3 is 2.50 bits per heavy atom. The molecule has 1 aromatic carbocycles. The highest BCUT2D eigenvalue weighted by molar-refractivity contribution is 5.19. The minimum atomic E-state index is 0.360. The number of hydrogen-bond donors (Lipinski definition) is 0. The molecule has 0 unspecified atom stereocenters. The third kappa shape index (κ3) is 1.55. The highest BCUT2D eigenvalue weighted by atomic mass is 15.1. The van der Waals surface area contributed by atoms with E-state index in [1.165, 1.54) is 5.56 Å². The zero-order valence-electron chi connectivity index (χ0n) is 8.51. The lowest BCUT2D eigenvalue weighted by Crippen LogP contribution is -2.07. The van der Waals surface area contributed by atoms with Crippen molar-refractivity contribution in [2.24, 2.45) is 0 Å². The molecule has 0 saturated heterocycles. The lowest BCUT2D eigenvalue weighted by molar-refractivity contribution is 0.619. The molecule has 0 saturated carbocycles. The number of hydrogen-bond acceptors (Lipinski definition) is 1. The molecule has 72 valence electrons. The number of aromatic nitrogens is 2. The molecule has 0 aliphatic rings. The minimum Gasteiger partial charge on any atom is -0.328 e. The average Bonchev–Trinajstić information content (AvgIpc) is 2.65. The molecule has 2 aromatic rings. The second-order valence-electron chi connectivity index (χ2n) is 3.47. The van der Waals surface area contributed by atoms with Crippen LogP contribution in [-0.4, -0.2) is 9.55 Å². The van der Waals surface area contributed by atoms with E-state index >= 15 is 0 Å². The molecule has 2 heteroatoms. The molecule has 1 heterocycles. The fourth-order valence-corrected chi connectivity index (χ4v) is 1.69. The summed E-state index contributed by atoms with van der Waals surface area (Å²) in [6.45, 7) is 4.21.